The molecule has 0 spiro atoms. The van der Waals surface area contributed by atoms with Crippen LogP contribution in [0.1, 0.15) is 37.0 Å². The number of aryl methyl sites for hydroxylation is 1. The highest BCUT2D eigenvalue weighted by Crippen LogP contribution is 2.09. The topological polar surface area (TPSA) is 59.0 Å². The van der Waals surface area contributed by atoms with E-state index in [4.69, 9.17) is 0 Å². The van der Waals surface area contributed by atoms with Crippen LogP contribution in [0.15, 0.2) is 12.4 Å². The summed E-state index contributed by atoms with van der Waals surface area (Å²) in [5, 5.41) is 10.5. The van der Waals surface area contributed by atoms with Crippen molar-refractivity contribution in [1.29, 1.82) is 0 Å². The van der Waals surface area contributed by atoms with Crippen LogP contribution in [0, 0.1) is 0 Å². The summed E-state index contributed by atoms with van der Waals surface area (Å²) in [4.78, 5) is 12.0. The minimum Gasteiger partial charge on any atom is -0.349 e. The summed E-state index contributed by atoms with van der Waals surface area (Å²) in [6, 6.07) is 0.760. The van der Waals surface area contributed by atoms with E-state index in [0.29, 0.717) is 11.6 Å². The fourth-order valence-electron chi connectivity index (χ4n) is 2.19. The number of aromatic nitrogens is 2. The molecule has 1 aromatic heterocycles. The van der Waals surface area contributed by atoms with Crippen molar-refractivity contribution < 1.29 is 4.79 Å². The number of nitrogens with zero attached hydrogens (tertiary/aromatic N) is 2. The largest absolute Gasteiger partial charge is 0.349 e. The zero-order valence-corrected chi connectivity index (χ0v) is 10.4. The second kappa shape index (κ2) is 5.31. The monoisotopic (exact) mass is 236 g/mol. The highest BCUT2D eigenvalue weighted by Gasteiger charge is 2.20. The summed E-state index contributed by atoms with van der Waals surface area (Å²) < 4.78 is 1.76. The lowest BCUT2D eigenvalue weighted by atomic mass is 10.0. The van der Waals surface area contributed by atoms with Crippen LogP contribution in [0.25, 0.3) is 0 Å². The lowest BCUT2D eigenvalue weighted by Gasteiger charge is -2.28. The second-order valence-electron chi connectivity index (χ2n) is 4.63. The predicted octanol–water partition coefficient (Wildman–Crippen LogP) is 0.773. The normalized spacial score (nSPS) is 24.6. The van der Waals surface area contributed by atoms with Crippen molar-refractivity contribution in [2.24, 2.45) is 0 Å². The van der Waals surface area contributed by atoms with E-state index in [9.17, 15) is 4.79 Å². The van der Waals surface area contributed by atoms with Crippen molar-refractivity contribution in [2.45, 2.75) is 45.3 Å². The maximum Gasteiger partial charge on any atom is 0.254 e. The van der Waals surface area contributed by atoms with Gasteiger partial charge in [0.1, 0.15) is 0 Å². The highest BCUT2D eigenvalue weighted by atomic mass is 16.1. The molecule has 94 valence electrons. The molecule has 1 fully saturated rings. The van der Waals surface area contributed by atoms with Gasteiger partial charge in [-0.05, 0) is 33.2 Å². The minimum absolute atomic E-state index is 0.0104. The first-order valence-electron chi connectivity index (χ1n) is 6.25. The van der Waals surface area contributed by atoms with E-state index in [1.165, 1.54) is 0 Å². The third-order valence-electron chi connectivity index (χ3n) is 3.18. The van der Waals surface area contributed by atoms with Crippen molar-refractivity contribution in [3.05, 3.63) is 18.0 Å². The van der Waals surface area contributed by atoms with Gasteiger partial charge >= 0.3 is 0 Å². The predicted molar refractivity (Wildman–Crippen MR) is 65.9 cm³/mol. The Labute approximate surface area is 102 Å². The molecule has 0 bridgehead atoms. The Balaban J connectivity index is 1.92. The van der Waals surface area contributed by atoms with Gasteiger partial charge in [-0.1, -0.05) is 0 Å². The van der Waals surface area contributed by atoms with Crippen molar-refractivity contribution in [2.75, 3.05) is 6.54 Å². The summed E-state index contributed by atoms with van der Waals surface area (Å²) in [6.07, 6.45) is 5.41. The number of carbonyl (C=O) groups is 1. The van der Waals surface area contributed by atoms with Crippen molar-refractivity contribution in [3.8, 4) is 0 Å². The lowest BCUT2D eigenvalue weighted by Crippen LogP contribution is -2.46. The summed E-state index contributed by atoms with van der Waals surface area (Å²) in [6.45, 7) is 5.91. The van der Waals surface area contributed by atoms with Crippen molar-refractivity contribution >= 4 is 5.91 Å². The molecule has 2 rings (SSSR count). The van der Waals surface area contributed by atoms with E-state index >= 15 is 0 Å². The van der Waals surface area contributed by atoms with E-state index < -0.39 is 0 Å². The molecule has 5 heteroatoms. The van der Waals surface area contributed by atoms with E-state index in [1.807, 2.05) is 6.92 Å². The van der Waals surface area contributed by atoms with Gasteiger partial charge in [-0.3, -0.25) is 9.48 Å². The van der Waals surface area contributed by atoms with E-state index in [-0.39, 0.29) is 11.9 Å². The van der Waals surface area contributed by atoms with Gasteiger partial charge in [0.15, 0.2) is 0 Å². The highest BCUT2D eigenvalue weighted by molar-refractivity contribution is 5.93. The third-order valence-corrected chi connectivity index (χ3v) is 3.18. The molecular weight excluding hydrogens is 216 g/mol. The summed E-state index contributed by atoms with van der Waals surface area (Å²) in [5.74, 6) is -0.0104. The molecule has 0 radical (unpaired) electrons. The SMILES string of the molecule is CCn1cc(C(=O)NC2CCNC(C)C2)cn1. The Bertz CT molecular complexity index is 388. The Morgan fingerprint density at radius 3 is 3.18 bits per heavy atom. The Kier molecular flexibility index (Phi) is 3.78. The van der Waals surface area contributed by atoms with Gasteiger partial charge in [-0.15, -0.1) is 0 Å². The van der Waals surface area contributed by atoms with E-state index in [0.717, 1.165) is 25.9 Å². The number of piperidine rings is 1. The Morgan fingerprint density at radius 1 is 1.71 bits per heavy atom. The summed E-state index contributed by atoms with van der Waals surface area (Å²) >= 11 is 0. The molecule has 1 amide bonds. The molecule has 5 nitrogen and oxygen atoms in total. The standard InChI is InChI=1S/C12H20N4O/c1-3-16-8-10(7-14-16)12(17)15-11-4-5-13-9(2)6-11/h7-9,11,13H,3-6H2,1-2H3,(H,15,17). The molecule has 1 aliphatic heterocycles. The maximum atomic E-state index is 12.0. The number of hydrogen-bond acceptors (Lipinski definition) is 3. The van der Waals surface area contributed by atoms with E-state index in [2.05, 4.69) is 22.7 Å². The van der Waals surface area contributed by atoms with Gasteiger partial charge in [-0.2, -0.15) is 5.10 Å². The fourth-order valence-corrected chi connectivity index (χ4v) is 2.19. The van der Waals surface area contributed by atoms with Crippen LogP contribution < -0.4 is 10.6 Å². The summed E-state index contributed by atoms with van der Waals surface area (Å²) in [7, 11) is 0. The third kappa shape index (κ3) is 3.06. The zero-order valence-electron chi connectivity index (χ0n) is 10.4. The van der Waals surface area contributed by atoms with Crippen LogP contribution in [-0.4, -0.2) is 34.3 Å². The van der Waals surface area contributed by atoms with Crippen LogP contribution in [-0.2, 0) is 6.54 Å². The van der Waals surface area contributed by atoms with Gasteiger partial charge in [0.25, 0.3) is 5.91 Å². The smallest absolute Gasteiger partial charge is 0.254 e. The minimum atomic E-state index is -0.0104. The number of carbonyl (C=O) groups excluding carboxylic acids is 1. The van der Waals surface area contributed by atoms with Crippen LogP contribution in [0.5, 0.6) is 0 Å². The zero-order chi connectivity index (χ0) is 12.3. The molecule has 0 aromatic carbocycles. The first kappa shape index (κ1) is 12.1. The second-order valence-corrected chi connectivity index (χ2v) is 4.63. The first-order valence-corrected chi connectivity index (χ1v) is 6.25. The molecular formula is C12H20N4O. The molecule has 0 aliphatic carbocycles. The van der Waals surface area contributed by atoms with Crippen molar-refractivity contribution in [1.82, 2.24) is 20.4 Å². The van der Waals surface area contributed by atoms with Gasteiger partial charge in [0.2, 0.25) is 0 Å². The number of hydrogen-bond donors (Lipinski definition) is 2. The molecule has 1 saturated heterocycles. The van der Waals surface area contributed by atoms with Gasteiger partial charge in [0.05, 0.1) is 11.8 Å². The number of rotatable bonds is 3. The van der Waals surface area contributed by atoms with Crippen LogP contribution >= 0.6 is 0 Å². The lowest BCUT2D eigenvalue weighted by molar-refractivity contribution is 0.0925. The van der Waals surface area contributed by atoms with Gasteiger partial charge < -0.3 is 10.6 Å². The quantitative estimate of drug-likeness (QED) is 0.815. The average molecular weight is 236 g/mol. The molecule has 1 aromatic rings. The molecule has 17 heavy (non-hydrogen) atoms. The number of amides is 1. The maximum absolute atomic E-state index is 12.0. The molecule has 2 unspecified atom stereocenters. The molecule has 2 atom stereocenters. The van der Waals surface area contributed by atoms with Crippen LogP contribution in [0.4, 0.5) is 0 Å². The first-order chi connectivity index (χ1) is 8.19. The number of nitrogens with one attached hydrogen (secondary N) is 2. The van der Waals surface area contributed by atoms with Crippen LogP contribution in [0.2, 0.25) is 0 Å². The van der Waals surface area contributed by atoms with Crippen LogP contribution in [0.3, 0.4) is 0 Å². The Morgan fingerprint density at radius 2 is 2.53 bits per heavy atom. The average Bonchev–Trinajstić information content (AvgIpc) is 2.77. The molecule has 1 aliphatic rings. The van der Waals surface area contributed by atoms with E-state index in [1.54, 1.807) is 17.1 Å². The fraction of sp³-hybridized carbons (Fsp3) is 0.667. The molecule has 2 heterocycles. The Hall–Kier alpha value is -1.36. The van der Waals surface area contributed by atoms with Gasteiger partial charge in [-0.25, -0.2) is 0 Å². The molecule has 2 N–H and O–H groups in total. The summed E-state index contributed by atoms with van der Waals surface area (Å²) in [5.41, 5.74) is 0.651. The molecule has 0 saturated carbocycles. The van der Waals surface area contributed by atoms with Gasteiger partial charge in [0, 0.05) is 24.8 Å². The van der Waals surface area contributed by atoms with Crippen molar-refractivity contribution in [3.63, 3.8) is 0 Å².